The highest BCUT2D eigenvalue weighted by Gasteiger charge is 2.21. The minimum Gasteiger partial charge on any atom is -0.497 e. The number of hydrogen-bond donors (Lipinski definition) is 1. The van der Waals surface area contributed by atoms with E-state index in [0.29, 0.717) is 17.0 Å². The quantitative estimate of drug-likeness (QED) is 0.603. The lowest BCUT2D eigenvalue weighted by molar-refractivity contribution is 0.130. The first-order valence-corrected chi connectivity index (χ1v) is 9.55. The fourth-order valence-corrected chi connectivity index (χ4v) is 3.43. The van der Waals surface area contributed by atoms with Crippen LogP contribution < -0.4 is 10.1 Å². The van der Waals surface area contributed by atoms with Gasteiger partial charge in [-0.2, -0.15) is 5.26 Å². The Morgan fingerprint density at radius 3 is 2.34 bits per heavy atom. The van der Waals surface area contributed by atoms with Gasteiger partial charge in [-0.25, -0.2) is 4.79 Å². The third kappa shape index (κ3) is 4.04. The largest absolute Gasteiger partial charge is 0.497 e. The van der Waals surface area contributed by atoms with Gasteiger partial charge in [-0.05, 0) is 63.6 Å². The number of nitriles is 1. The van der Waals surface area contributed by atoms with Crippen LogP contribution in [0.4, 0.5) is 10.5 Å². The Bertz CT molecular complexity index is 1070. The molecule has 0 saturated carbocycles. The predicted molar refractivity (Wildman–Crippen MR) is 114 cm³/mol. The average Bonchev–Trinajstić information content (AvgIpc) is 3.01. The summed E-state index contributed by atoms with van der Waals surface area (Å²) in [5, 5.41) is 13.5. The van der Waals surface area contributed by atoms with Crippen molar-refractivity contribution in [3.05, 3.63) is 48.0 Å². The van der Waals surface area contributed by atoms with E-state index >= 15 is 0 Å². The number of aromatic nitrogens is 1. The minimum atomic E-state index is -0.492. The monoisotopic (exact) mass is 391 g/mol. The highest BCUT2D eigenvalue weighted by molar-refractivity contribution is 5.96. The number of fused-ring (bicyclic) bond motifs is 1. The molecule has 0 saturated heterocycles. The van der Waals surface area contributed by atoms with Gasteiger partial charge in [0.25, 0.3) is 0 Å². The fraction of sp³-hybridized carbons (Fsp3) is 0.304. The second kappa shape index (κ2) is 8.27. The van der Waals surface area contributed by atoms with Crippen molar-refractivity contribution in [3.63, 3.8) is 0 Å². The zero-order valence-corrected chi connectivity index (χ0v) is 17.3. The summed E-state index contributed by atoms with van der Waals surface area (Å²) in [6, 6.07) is 15.7. The van der Waals surface area contributed by atoms with Gasteiger partial charge in [-0.1, -0.05) is 12.1 Å². The summed E-state index contributed by atoms with van der Waals surface area (Å²) in [6.45, 7) is 7.77. The molecular weight excluding hydrogens is 366 g/mol. The van der Waals surface area contributed by atoms with Crippen LogP contribution in [0.25, 0.3) is 22.2 Å². The summed E-state index contributed by atoms with van der Waals surface area (Å²) in [4.78, 5) is 11.8. The van der Waals surface area contributed by atoms with Crippen molar-refractivity contribution in [3.8, 4) is 23.1 Å². The Hall–Kier alpha value is -3.46. The number of ether oxygens (including phenoxy) is 2. The molecule has 0 radical (unpaired) electrons. The molecule has 6 heteroatoms. The third-order valence-corrected chi connectivity index (χ3v) is 4.59. The van der Waals surface area contributed by atoms with Gasteiger partial charge in [-0.15, -0.1) is 0 Å². The van der Waals surface area contributed by atoms with Crippen molar-refractivity contribution < 1.29 is 14.3 Å². The summed E-state index contributed by atoms with van der Waals surface area (Å²) in [5.41, 5.74) is 3.96. The summed E-state index contributed by atoms with van der Waals surface area (Å²) in [5.74, 6) is 0.713. The van der Waals surface area contributed by atoms with Gasteiger partial charge in [0.05, 0.1) is 30.0 Å². The molecule has 0 bridgehead atoms. The van der Waals surface area contributed by atoms with Crippen molar-refractivity contribution in [2.45, 2.75) is 39.8 Å². The van der Waals surface area contributed by atoms with Gasteiger partial charge in [-0.3, -0.25) is 5.32 Å². The standard InChI is InChI=1S/C23H25N3O3/c1-14(2)26-21-11-10-18(28-5)12-19(21)20(13-24)22(26)16-6-8-17(9-7-16)25-23(27)29-15(3)4/h6-12,14-15H,1-5H3,(H,25,27). The first-order valence-electron chi connectivity index (χ1n) is 9.55. The van der Waals surface area contributed by atoms with Crippen molar-refractivity contribution >= 4 is 22.7 Å². The molecule has 2 aromatic carbocycles. The van der Waals surface area contributed by atoms with Gasteiger partial charge in [0.1, 0.15) is 11.8 Å². The lowest BCUT2D eigenvalue weighted by atomic mass is 10.1. The molecule has 0 unspecified atom stereocenters. The van der Waals surface area contributed by atoms with Crippen LogP contribution >= 0.6 is 0 Å². The van der Waals surface area contributed by atoms with Crippen molar-refractivity contribution in [2.24, 2.45) is 0 Å². The molecule has 0 atom stereocenters. The van der Waals surface area contributed by atoms with Crippen LogP contribution in [0.1, 0.15) is 39.3 Å². The Morgan fingerprint density at radius 2 is 1.79 bits per heavy atom. The number of methoxy groups -OCH3 is 1. The van der Waals surface area contributed by atoms with Gasteiger partial charge in [0.2, 0.25) is 0 Å². The van der Waals surface area contributed by atoms with E-state index in [-0.39, 0.29) is 12.1 Å². The summed E-state index contributed by atoms with van der Waals surface area (Å²) in [6.07, 6.45) is -0.681. The van der Waals surface area contributed by atoms with Crippen molar-refractivity contribution in [2.75, 3.05) is 12.4 Å². The second-order valence-corrected chi connectivity index (χ2v) is 7.34. The maximum Gasteiger partial charge on any atom is 0.411 e. The summed E-state index contributed by atoms with van der Waals surface area (Å²) >= 11 is 0. The van der Waals surface area contributed by atoms with Crippen LogP contribution in [0.15, 0.2) is 42.5 Å². The number of nitrogens with zero attached hydrogens (tertiary/aromatic N) is 2. The van der Waals surface area contributed by atoms with Gasteiger partial charge >= 0.3 is 6.09 Å². The first-order chi connectivity index (χ1) is 13.8. The molecule has 29 heavy (non-hydrogen) atoms. The number of rotatable bonds is 5. The molecule has 1 amide bonds. The number of amides is 1. The van der Waals surface area contributed by atoms with E-state index in [2.05, 4.69) is 29.8 Å². The first kappa shape index (κ1) is 20.3. The number of carbonyl (C=O) groups is 1. The number of anilines is 1. The molecule has 1 aromatic heterocycles. The van der Waals surface area contributed by atoms with Crippen LogP contribution in [0.5, 0.6) is 5.75 Å². The Labute approximate surface area is 170 Å². The van der Waals surface area contributed by atoms with Crippen LogP contribution in [-0.2, 0) is 4.74 Å². The van der Waals surface area contributed by atoms with E-state index in [9.17, 15) is 10.1 Å². The topological polar surface area (TPSA) is 76.3 Å². The average molecular weight is 391 g/mol. The van der Waals surface area contributed by atoms with Gasteiger partial charge in [0.15, 0.2) is 0 Å². The minimum absolute atomic E-state index is 0.154. The Morgan fingerprint density at radius 1 is 1.10 bits per heavy atom. The summed E-state index contributed by atoms with van der Waals surface area (Å²) < 4.78 is 12.6. The van der Waals surface area contributed by atoms with Crippen molar-refractivity contribution in [1.29, 1.82) is 5.26 Å². The van der Waals surface area contributed by atoms with E-state index in [1.54, 1.807) is 33.1 Å². The normalized spacial score (nSPS) is 11.0. The van der Waals surface area contributed by atoms with Gasteiger partial charge in [0, 0.05) is 17.1 Å². The molecule has 1 heterocycles. The van der Waals surface area contributed by atoms with E-state index in [1.165, 1.54) is 0 Å². The third-order valence-electron chi connectivity index (χ3n) is 4.59. The fourth-order valence-electron chi connectivity index (χ4n) is 3.43. The Balaban J connectivity index is 2.08. The molecule has 0 aliphatic rings. The number of carbonyl (C=O) groups excluding carboxylic acids is 1. The maximum atomic E-state index is 11.8. The molecule has 0 aliphatic carbocycles. The SMILES string of the molecule is COc1ccc2c(c1)c(C#N)c(-c1ccc(NC(=O)OC(C)C)cc1)n2C(C)C. The highest BCUT2D eigenvalue weighted by Crippen LogP contribution is 2.37. The molecule has 0 fully saturated rings. The van der Waals surface area contributed by atoms with E-state index in [1.807, 2.05) is 30.3 Å². The van der Waals surface area contributed by atoms with E-state index in [4.69, 9.17) is 9.47 Å². The second-order valence-electron chi connectivity index (χ2n) is 7.34. The molecule has 0 spiro atoms. The Kier molecular flexibility index (Phi) is 5.79. The number of benzene rings is 2. The molecule has 1 N–H and O–H groups in total. The zero-order valence-electron chi connectivity index (χ0n) is 17.3. The van der Waals surface area contributed by atoms with E-state index < -0.39 is 6.09 Å². The van der Waals surface area contributed by atoms with E-state index in [0.717, 1.165) is 22.2 Å². The molecule has 3 rings (SSSR count). The predicted octanol–water partition coefficient (Wildman–Crippen LogP) is 5.73. The van der Waals surface area contributed by atoms with Crippen LogP contribution in [-0.4, -0.2) is 23.9 Å². The molecule has 150 valence electrons. The number of nitrogens with one attached hydrogen (secondary N) is 1. The molecular formula is C23H25N3O3. The van der Waals surface area contributed by atoms with Crippen LogP contribution in [0.2, 0.25) is 0 Å². The van der Waals surface area contributed by atoms with Crippen LogP contribution in [0, 0.1) is 11.3 Å². The maximum absolute atomic E-state index is 11.8. The smallest absolute Gasteiger partial charge is 0.411 e. The van der Waals surface area contributed by atoms with Crippen molar-refractivity contribution in [1.82, 2.24) is 4.57 Å². The molecule has 0 aliphatic heterocycles. The van der Waals surface area contributed by atoms with Gasteiger partial charge < -0.3 is 14.0 Å². The van der Waals surface area contributed by atoms with Crippen LogP contribution in [0.3, 0.4) is 0 Å². The molecule has 3 aromatic rings. The highest BCUT2D eigenvalue weighted by atomic mass is 16.6. The lowest BCUT2D eigenvalue weighted by Crippen LogP contribution is -2.17. The lowest BCUT2D eigenvalue weighted by Gasteiger charge is -2.16. The molecule has 6 nitrogen and oxygen atoms in total. The zero-order chi connectivity index (χ0) is 21.1. The number of hydrogen-bond acceptors (Lipinski definition) is 4. The summed E-state index contributed by atoms with van der Waals surface area (Å²) in [7, 11) is 1.61.